The Labute approximate surface area is 125 Å². The van der Waals surface area contributed by atoms with E-state index in [2.05, 4.69) is 10.1 Å². The number of ether oxygens (including phenoxy) is 1. The summed E-state index contributed by atoms with van der Waals surface area (Å²) >= 11 is 0. The SMILES string of the molecule is CCOC(=O)C(c1ccccc1)n1nc(CC)nc1CC. The molecule has 5 nitrogen and oxygen atoms in total. The molecule has 0 fully saturated rings. The zero-order chi connectivity index (χ0) is 15.2. The fourth-order valence-electron chi connectivity index (χ4n) is 2.24. The maximum atomic E-state index is 12.4. The summed E-state index contributed by atoms with van der Waals surface area (Å²) in [5.41, 5.74) is 0.859. The van der Waals surface area contributed by atoms with Gasteiger partial charge in [0.05, 0.1) is 6.61 Å². The van der Waals surface area contributed by atoms with Crippen LogP contribution in [0.15, 0.2) is 30.3 Å². The van der Waals surface area contributed by atoms with E-state index in [1.807, 2.05) is 44.2 Å². The van der Waals surface area contributed by atoms with Crippen LogP contribution in [0.25, 0.3) is 0 Å². The maximum absolute atomic E-state index is 12.4. The smallest absolute Gasteiger partial charge is 0.335 e. The van der Waals surface area contributed by atoms with Crippen molar-refractivity contribution in [3.05, 3.63) is 47.5 Å². The second-order valence-electron chi connectivity index (χ2n) is 4.66. The normalized spacial score (nSPS) is 12.1. The molecule has 1 atom stereocenters. The second kappa shape index (κ2) is 7.02. The van der Waals surface area contributed by atoms with Gasteiger partial charge in [-0.3, -0.25) is 0 Å². The van der Waals surface area contributed by atoms with Gasteiger partial charge in [-0.2, -0.15) is 5.10 Å². The van der Waals surface area contributed by atoms with E-state index >= 15 is 0 Å². The monoisotopic (exact) mass is 287 g/mol. The minimum absolute atomic E-state index is 0.300. The number of carbonyl (C=O) groups is 1. The van der Waals surface area contributed by atoms with Crippen molar-refractivity contribution in [3.63, 3.8) is 0 Å². The molecule has 1 heterocycles. The van der Waals surface area contributed by atoms with E-state index < -0.39 is 6.04 Å². The minimum atomic E-state index is -0.575. The topological polar surface area (TPSA) is 57.0 Å². The third kappa shape index (κ3) is 3.29. The molecular formula is C16H21N3O2. The Morgan fingerprint density at radius 2 is 1.90 bits per heavy atom. The van der Waals surface area contributed by atoms with Gasteiger partial charge in [-0.15, -0.1) is 0 Å². The number of hydrogen-bond acceptors (Lipinski definition) is 4. The lowest BCUT2D eigenvalue weighted by Crippen LogP contribution is -2.25. The molecule has 0 spiro atoms. The molecule has 0 N–H and O–H groups in total. The fraction of sp³-hybridized carbons (Fsp3) is 0.438. The van der Waals surface area contributed by atoms with Gasteiger partial charge in [0.15, 0.2) is 11.9 Å². The van der Waals surface area contributed by atoms with E-state index in [9.17, 15) is 4.79 Å². The quantitative estimate of drug-likeness (QED) is 0.766. The molecule has 1 unspecified atom stereocenters. The zero-order valence-corrected chi connectivity index (χ0v) is 12.7. The van der Waals surface area contributed by atoms with Crippen LogP contribution in [0.1, 0.15) is 44.0 Å². The highest BCUT2D eigenvalue weighted by Gasteiger charge is 2.27. The van der Waals surface area contributed by atoms with E-state index in [4.69, 9.17) is 4.74 Å². The van der Waals surface area contributed by atoms with Crippen molar-refractivity contribution in [2.45, 2.75) is 39.7 Å². The van der Waals surface area contributed by atoms with E-state index in [0.29, 0.717) is 6.61 Å². The van der Waals surface area contributed by atoms with Crippen molar-refractivity contribution in [3.8, 4) is 0 Å². The predicted molar refractivity (Wildman–Crippen MR) is 80.0 cm³/mol. The summed E-state index contributed by atoms with van der Waals surface area (Å²) < 4.78 is 6.93. The molecule has 0 saturated carbocycles. The summed E-state index contributed by atoms with van der Waals surface area (Å²) in [4.78, 5) is 16.9. The summed E-state index contributed by atoms with van der Waals surface area (Å²) in [6, 6.07) is 8.98. The summed E-state index contributed by atoms with van der Waals surface area (Å²) in [5, 5.41) is 4.48. The van der Waals surface area contributed by atoms with E-state index in [0.717, 1.165) is 30.1 Å². The van der Waals surface area contributed by atoms with Crippen LogP contribution in [0.4, 0.5) is 0 Å². The van der Waals surface area contributed by atoms with E-state index in [1.54, 1.807) is 11.6 Å². The molecule has 5 heteroatoms. The summed E-state index contributed by atoms with van der Waals surface area (Å²) in [6.45, 7) is 6.16. The molecular weight excluding hydrogens is 266 g/mol. The molecule has 0 saturated heterocycles. The highest BCUT2D eigenvalue weighted by atomic mass is 16.5. The van der Waals surface area contributed by atoms with Crippen molar-refractivity contribution in [2.24, 2.45) is 0 Å². The van der Waals surface area contributed by atoms with Gasteiger partial charge in [-0.1, -0.05) is 44.2 Å². The highest BCUT2D eigenvalue weighted by Crippen LogP contribution is 2.21. The zero-order valence-electron chi connectivity index (χ0n) is 12.7. The second-order valence-corrected chi connectivity index (χ2v) is 4.66. The molecule has 0 radical (unpaired) electrons. The van der Waals surface area contributed by atoms with E-state index in [1.165, 1.54) is 0 Å². The fourth-order valence-corrected chi connectivity index (χ4v) is 2.24. The van der Waals surface area contributed by atoms with Crippen LogP contribution >= 0.6 is 0 Å². The van der Waals surface area contributed by atoms with Crippen LogP contribution in [0, 0.1) is 0 Å². The molecule has 0 aliphatic carbocycles. The number of carbonyl (C=O) groups excluding carboxylic acids is 1. The molecule has 0 bridgehead atoms. The van der Waals surface area contributed by atoms with E-state index in [-0.39, 0.29) is 5.97 Å². The number of esters is 1. The van der Waals surface area contributed by atoms with Crippen LogP contribution < -0.4 is 0 Å². The largest absolute Gasteiger partial charge is 0.464 e. The van der Waals surface area contributed by atoms with Crippen LogP contribution in [-0.4, -0.2) is 27.3 Å². The Morgan fingerprint density at radius 3 is 2.48 bits per heavy atom. The number of rotatable bonds is 6. The van der Waals surface area contributed by atoms with Gasteiger partial charge in [0.1, 0.15) is 5.82 Å². The van der Waals surface area contributed by atoms with Crippen molar-refractivity contribution in [1.82, 2.24) is 14.8 Å². The van der Waals surface area contributed by atoms with Gasteiger partial charge >= 0.3 is 5.97 Å². The first-order valence-corrected chi connectivity index (χ1v) is 7.37. The van der Waals surface area contributed by atoms with Crippen molar-refractivity contribution in [2.75, 3.05) is 6.61 Å². The predicted octanol–water partition coefficient (Wildman–Crippen LogP) is 2.56. The Balaban J connectivity index is 2.49. The molecule has 0 amide bonds. The molecule has 1 aromatic heterocycles. The Hall–Kier alpha value is -2.17. The number of nitrogens with zero attached hydrogens (tertiary/aromatic N) is 3. The van der Waals surface area contributed by atoms with Gasteiger partial charge in [0.25, 0.3) is 0 Å². The summed E-state index contributed by atoms with van der Waals surface area (Å²) in [7, 11) is 0. The average Bonchev–Trinajstić information content (AvgIpc) is 2.92. The van der Waals surface area contributed by atoms with Crippen LogP contribution in [0.2, 0.25) is 0 Å². The van der Waals surface area contributed by atoms with Gasteiger partial charge in [0.2, 0.25) is 0 Å². The van der Waals surface area contributed by atoms with Crippen LogP contribution in [0.3, 0.4) is 0 Å². The Bertz CT molecular complexity index is 593. The Morgan fingerprint density at radius 1 is 1.19 bits per heavy atom. The molecule has 21 heavy (non-hydrogen) atoms. The lowest BCUT2D eigenvalue weighted by Gasteiger charge is -2.17. The first kappa shape index (κ1) is 15.2. The molecule has 1 aromatic carbocycles. The van der Waals surface area contributed by atoms with Crippen molar-refractivity contribution < 1.29 is 9.53 Å². The van der Waals surface area contributed by atoms with Gasteiger partial charge in [-0.05, 0) is 12.5 Å². The first-order valence-electron chi connectivity index (χ1n) is 7.37. The number of aryl methyl sites for hydroxylation is 2. The minimum Gasteiger partial charge on any atom is -0.464 e. The summed E-state index contributed by atoms with van der Waals surface area (Å²) in [6.07, 6.45) is 1.46. The third-order valence-corrected chi connectivity index (χ3v) is 3.25. The van der Waals surface area contributed by atoms with Crippen molar-refractivity contribution >= 4 is 5.97 Å². The molecule has 0 aliphatic heterocycles. The molecule has 112 valence electrons. The average molecular weight is 287 g/mol. The van der Waals surface area contributed by atoms with Gasteiger partial charge in [0, 0.05) is 12.8 Å². The third-order valence-electron chi connectivity index (χ3n) is 3.25. The van der Waals surface area contributed by atoms with Gasteiger partial charge < -0.3 is 4.74 Å². The standard InChI is InChI=1S/C16H21N3O2/c1-4-13-17-14(5-2)19(18-13)15(16(20)21-6-3)12-10-8-7-9-11-12/h7-11,15H,4-6H2,1-3H3. The Kier molecular flexibility index (Phi) is 5.09. The van der Waals surface area contributed by atoms with Crippen LogP contribution in [-0.2, 0) is 22.4 Å². The highest BCUT2D eigenvalue weighted by molar-refractivity contribution is 5.78. The summed E-state index contributed by atoms with van der Waals surface area (Å²) in [5.74, 6) is 1.25. The number of hydrogen-bond donors (Lipinski definition) is 0. The van der Waals surface area contributed by atoms with Gasteiger partial charge in [-0.25, -0.2) is 14.5 Å². The van der Waals surface area contributed by atoms with Crippen molar-refractivity contribution in [1.29, 1.82) is 0 Å². The lowest BCUT2D eigenvalue weighted by molar-refractivity contribution is -0.146. The number of benzene rings is 1. The molecule has 0 aliphatic rings. The lowest BCUT2D eigenvalue weighted by atomic mass is 10.1. The molecule has 2 aromatic rings. The maximum Gasteiger partial charge on any atom is 0.335 e. The molecule has 2 rings (SSSR count). The number of aromatic nitrogens is 3. The van der Waals surface area contributed by atoms with Crippen LogP contribution in [0.5, 0.6) is 0 Å². The first-order chi connectivity index (χ1) is 10.2.